The number of aromatic nitrogens is 4. The highest BCUT2D eigenvalue weighted by Gasteiger charge is 2.33. The smallest absolute Gasteiger partial charge is 0.270 e. The van der Waals surface area contributed by atoms with E-state index in [0.29, 0.717) is 23.1 Å². The Labute approximate surface area is 190 Å². The topological polar surface area (TPSA) is 86.7 Å². The molecule has 2 heterocycles. The maximum atomic E-state index is 13.1. The molecule has 4 rings (SSSR count). The normalized spacial score (nSPS) is 11.5. The van der Waals surface area contributed by atoms with Crippen LogP contribution in [-0.2, 0) is 6.18 Å². The molecule has 0 saturated heterocycles. The van der Waals surface area contributed by atoms with Crippen molar-refractivity contribution in [3.63, 3.8) is 0 Å². The molecular formula is C22H16F3N5O2S. The van der Waals surface area contributed by atoms with Crippen LogP contribution in [0.25, 0.3) is 17.1 Å². The molecule has 0 amide bonds. The second kappa shape index (κ2) is 8.66. The molecule has 0 saturated carbocycles. The third kappa shape index (κ3) is 4.58. The van der Waals surface area contributed by atoms with Crippen molar-refractivity contribution in [2.75, 3.05) is 0 Å². The summed E-state index contributed by atoms with van der Waals surface area (Å²) in [4.78, 5) is 14.7. The third-order valence-electron chi connectivity index (χ3n) is 5.00. The van der Waals surface area contributed by atoms with Crippen LogP contribution < -0.4 is 0 Å². The Kier molecular flexibility index (Phi) is 5.90. The monoisotopic (exact) mass is 471 g/mol. The van der Waals surface area contributed by atoms with Crippen molar-refractivity contribution >= 4 is 17.4 Å². The predicted molar refractivity (Wildman–Crippen MR) is 116 cm³/mol. The van der Waals surface area contributed by atoms with E-state index in [1.54, 1.807) is 29.1 Å². The van der Waals surface area contributed by atoms with Gasteiger partial charge < -0.3 is 0 Å². The number of hydrogen-bond acceptors (Lipinski definition) is 6. The van der Waals surface area contributed by atoms with E-state index in [1.165, 1.54) is 0 Å². The van der Waals surface area contributed by atoms with Crippen LogP contribution in [0.2, 0.25) is 0 Å². The third-order valence-corrected chi connectivity index (χ3v) is 6.02. The van der Waals surface area contributed by atoms with E-state index in [4.69, 9.17) is 0 Å². The highest BCUT2D eigenvalue weighted by molar-refractivity contribution is 7.99. The average Bonchev–Trinajstić information content (AvgIpc) is 3.19. The highest BCUT2D eigenvalue weighted by atomic mass is 32.2. The van der Waals surface area contributed by atoms with Crippen molar-refractivity contribution < 1.29 is 18.1 Å². The molecule has 0 fully saturated rings. The lowest BCUT2D eigenvalue weighted by atomic mass is 10.1. The number of alkyl halides is 3. The maximum Gasteiger partial charge on any atom is 0.416 e. The van der Waals surface area contributed by atoms with Gasteiger partial charge in [-0.2, -0.15) is 13.2 Å². The molecule has 2 aromatic heterocycles. The minimum absolute atomic E-state index is 0.0201. The molecule has 0 aliphatic rings. The van der Waals surface area contributed by atoms with Crippen molar-refractivity contribution in [1.29, 1.82) is 0 Å². The molecule has 11 heteroatoms. The molecule has 4 aromatic rings. The van der Waals surface area contributed by atoms with Crippen LogP contribution in [0, 0.1) is 24.0 Å². The van der Waals surface area contributed by atoms with Gasteiger partial charge in [0.25, 0.3) is 5.69 Å². The first kappa shape index (κ1) is 22.5. The van der Waals surface area contributed by atoms with E-state index in [0.717, 1.165) is 35.0 Å². The zero-order valence-electron chi connectivity index (χ0n) is 17.4. The molecule has 0 unspecified atom stereocenters. The lowest BCUT2D eigenvalue weighted by Crippen LogP contribution is -2.06. The number of pyridine rings is 1. The summed E-state index contributed by atoms with van der Waals surface area (Å²) in [5.41, 5.74) is 1.77. The molecule has 0 atom stereocenters. The Morgan fingerprint density at radius 1 is 0.970 bits per heavy atom. The zero-order chi connectivity index (χ0) is 23.8. The number of benzene rings is 2. The van der Waals surface area contributed by atoms with Crippen molar-refractivity contribution in [1.82, 2.24) is 19.7 Å². The Hall–Kier alpha value is -3.73. The van der Waals surface area contributed by atoms with Gasteiger partial charge in [-0.15, -0.1) is 10.2 Å². The highest BCUT2D eigenvalue weighted by Crippen LogP contribution is 2.40. The first-order valence-electron chi connectivity index (χ1n) is 9.62. The van der Waals surface area contributed by atoms with E-state index >= 15 is 0 Å². The summed E-state index contributed by atoms with van der Waals surface area (Å²) >= 11 is 0.874. The molecule has 0 aliphatic carbocycles. The van der Waals surface area contributed by atoms with Crippen LogP contribution in [0.4, 0.5) is 18.9 Å². The fourth-order valence-corrected chi connectivity index (χ4v) is 4.08. The minimum Gasteiger partial charge on any atom is -0.270 e. The van der Waals surface area contributed by atoms with Gasteiger partial charge in [-0.25, -0.2) is 0 Å². The molecule has 0 radical (unpaired) electrons. The molecule has 0 bridgehead atoms. The lowest BCUT2D eigenvalue weighted by Gasteiger charge is -2.13. The first-order valence-corrected chi connectivity index (χ1v) is 10.4. The molecule has 0 N–H and O–H groups in total. The zero-order valence-corrected chi connectivity index (χ0v) is 18.2. The van der Waals surface area contributed by atoms with Gasteiger partial charge in [0.05, 0.1) is 21.1 Å². The molecule has 2 aromatic carbocycles. The number of nitrogens with zero attached hydrogens (tertiary/aromatic N) is 5. The SMILES string of the molecule is Cc1ccc(-n2c(Sc3ccc(C(F)(F)F)cc3[N+](=O)[O-])nnc2-c2ccncc2)cc1C. The van der Waals surface area contributed by atoms with Crippen molar-refractivity contribution in [3.05, 3.63) is 87.7 Å². The summed E-state index contributed by atoms with van der Waals surface area (Å²) in [6, 6.07) is 11.6. The van der Waals surface area contributed by atoms with Crippen molar-refractivity contribution in [3.8, 4) is 17.1 Å². The van der Waals surface area contributed by atoms with E-state index in [1.807, 2.05) is 32.0 Å². The quantitative estimate of drug-likeness (QED) is 0.261. The maximum absolute atomic E-state index is 13.1. The second-order valence-electron chi connectivity index (χ2n) is 7.19. The molecule has 0 aliphatic heterocycles. The predicted octanol–water partition coefficient (Wildman–Crippen LogP) is 6.02. The van der Waals surface area contributed by atoms with Gasteiger partial charge in [0.15, 0.2) is 5.82 Å². The summed E-state index contributed by atoms with van der Waals surface area (Å²) in [5.74, 6) is 0.470. The number of hydrogen-bond donors (Lipinski definition) is 0. The Bertz CT molecular complexity index is 1340. The van der Waals surface area contributed by atoms with Gasteiger partial charge >= 0.3 is 6.18 Å². The van der Waals surface area contributed by atoms with Gasteiger partial charge in [0, 0.05) is 24.0 Å². The number of nitro benzene ring substituents is 1. The summed E-state index contributed by atoms with van der Waals surface area (Å²) in [6.07, 6.45) is -1.49. The summed E-state index contributed by atoms with van der Waals surface area (Å²) in [6.45, 7) is 3.92. The van der Waals surface area contributed by atoms with Gasteiger partial charge in [0.1, 0.15) is 0 Å². The standard InChI is InChI=1S/C22H16F3N5O2S/c1-13-3-5-17(11-14(13)2)29-20(15-7-9-26-10-8-15)27-28-21(29)33-19-6-4-16(22(23,24)25)12-18(19)30(31)32/h3-12H,1-2H3. The number of halogens is 3. The summed E-state index contributed by atoms with van der Waals surface area (Å²) in [7, 11) is 0. The number of nitro groups is 1. The Balaban J connectivity index is 1.86. The van der Waals surface area contributed by atoms with Gasteiger partial charge in [-0.1, -0.05) is 6.07 Å². The number of aryl methyl sites for hydroxylation is 2. The van der Waals surface area contributed by atoms with Gasteiger partial charge in [0.2, 0.25) is 5.16 Å². The van der Waals surface area contributed by atoms with Crippen molar-refractivity contribution in [2.24, 2.45) is 0 Å². The van der Waals surface area contributed by atoms with Crippen LogP contribution in [0.5, 0.6) is 0 Å². The van der Waals surface area contributed by atoms with Crippen LogP contribution in [0.3, 0.4) is 0 Å². The molecular weight excluding hydrogens is 455 g/mol. The van der Waals surface area contributed by atoms with Crippen molar-refractivity contribution in [2.45, 2.75) is 30.1 Å². The number of rotatable bonds is 5. The van der Waals surface area contributed by atoms with Crippen LogP contribution in [-0.4, -0.2) is 24.7 Å². The fraction of sp³-hybridized carbons (Fsp3) is 0.136. The lowest BCUT2D eigenvalue weighted by molar-refractivity contribution is -0.388. The first-order chi connectivity index (χ1) is 15.6. The fourth-order valence-electron chi connectivity index (χ4n) is 3.14. The van der Waals surface area contributed by atoms with Crippen LogP contribution in [0.15, 0.2) is 71.0 Å². The molecule has 33 heavy (non-hydrogen) atoms. The van der Waals surface area contributed by atoms with Crippen LogP contribution >= 0.6 is 11.8 Å². The van der Waals surface area contributed by atoms with E-state index < -0.39 is 22.4 Å². The molecule has 7 nitrogen and oxygen atoms in total. The van der Waals surface area contributed by atoms with Crippen LogP contribution in [0.1, 0.15) is 16.7 Å². The summed E-state index contributed by atoms with van der Waals surface area (Å²) < 4.78 is 40.9. The molecule has 168 valence electrons. The summed E-state index contributed by atoms with van der Waals surface area (Å²) in [5, 5.41) is 20.3. The minimum atomic E-state index is -4.69. The second-order valence-corrected chi connectivity index (χ2v) is 8.19. The largest absolute Gasteiger partial charge is 0.416 e. The average molecular weight is 471 g/mol. The molecule has 0 spiro atoms. The van der Waals surface area contributed by atoms with Gasteiger partial charge in [-0.05, 0) is 73.1 Å². The van der Waals surface area contributed by atoms with Gasteiger partial charge in [-0.3, -0.25) is 19.7 Å². The van der Waals surface area contributed by atoms with E-state index in [2.05, 4.69) is 15.2 Å². The van der Waals surface area contributed by atoms with E-state index in [-0.39, 0.29) is 10.1 Å². The Morgan fingerprint density at radius 2 is 1.70 bits per heavy atom. The van der Waals surface area contributed by atoms with E-state index in [9.17, 15) is 23.3 Å². The Morgan fingerprint density at radius 3 is 2.33 bits per heavy atom.